The van der Waals surface area contributed by atoms with E-state index in [4.69, 9.17) is 16.2 Å². The first-order valence-electron chi connectivity index (χ1n) is 20.1. The van der Waals surface area contributed by atoms with Gasteiger partial charge in [-0.1, -0.05) is 103 Å². The largest absolute Gasteiger partial charge is 0.463 e. The van der Waals surface area contributed by atoms with Gasteiger partial charge in [0.15, 0.2) is 5.78 Å². The lowest BCUT2D eigenvalue weighted by atomic mass is 9.84. The van der Waals surface area contributed by atoms with Crippen LogP contribution >= 0.6 is 21.6 Å². The molecule has 0 saturated carbocycles. The maximum atomic E-state index is 14.1. The van der Waals surface area contributed by atoms with Gasteiger partial charge in [0.1, 0.15) is 12.1 Å². The number of carbonyl (C=O) groups is 6. The summed E-state index contributed by atoms with van der Waals surface area (Å²) >= 11 is 0. The number of Topliss-reactive ketones (excluding diaryl/α,β-unsaturated/α-hetero) is 1. The van der Waals surface area contributed by atoms with Crippen molar-refractivity contribution >= 4 is 57.0 Å². The molecular weight excluding hydrogens is 777 g/mol. The van der Waals surface area contributed by atoms with E-state index in [1.54, 1.807) is 56.8 Å². The third kappa shape index (κ3) is 15.9. The standard InChI is InChI=1S/C43H78N6O7S2/c1-21-56-39(55)27(7)23-30(25(4)5)49(20)38(54)34(41(12,13)14)47-36(52)32(45)43(17,18)58-57-42(15,16)31(44)35(51)46-33(40(9,10)11)37(53)48(19)29(24(2)3)22-26(6)28(8)50/h22-25,29-34H,21,44-45H2,1-20H3,(H,46,51)(H,47,52)/b26-22+,27-23+/t29-,30-,31?,32?,33-,34-/m1/s1. The van der Waals surface area contributed by atoms with Crippen molar-refractivity contribution in [1.29, 1.82) is 0 Å². The first-order valence-corrected chi connectivity index (χ1v) is 22.3. The number of nitrogens with one attached hydrogen (secondary N) is 2. The first-order chi connectivity index (χ1) is 26.1. The van der Waals surface area contributed by atoms with Gasteiger partial charge in [0.25, 0.3) is 0 Å². The topological polar surface area (TPSA) is 194 Å². The van der Waals surface area contributed by atoms with Crippen molar-refractivity contribution in [1.82, 2.24) is 20.4 Å². The van der Waals surface area contributed by atoms with Crippen LogP contribution in [0.5, 0.6) is 0 Å². The van der Waals surface area contributed by atoms with Crippen LogP contribution in [-0.2, 0) is 33.5 Å². The Balaban J connectivity index is 6.18. The molecule has 0 aliphatic carbocycles. The molecule has 0 aliphatic heterocycles. The number of ether oxygens (including phenoxy) is 1. The van der Waals surface area contributed by atoms with Crippen LogP contribution < -0.4 is 22.1 Å². The molecule has 0 fully saturated rings. The minimum absolute atomic E-state index is 0.000219. The van der Waals surface area contributed by atoms with E-state index in [2.05, 4.69) is 10.6 Å². The van der Waals surface area contributed by atoms with Crippen LogP contribution in [0.25, 0.3) is 0 Å². The predicted octanol–water partition coefficient (Wildman–Crippen LogP) is 5.65. The zero-order chi connectivity index (χ0) is 46.0. The highest BCUT2D eigenvalue weighted by molar-refractivity contribution is 8.77. The van der Waals surface area contributed by atoms with E-state index in [1.807, 2.05) is 96.9 Å². The third-order valence-electron chi connectivity index (χ3n) is 10.3. The summed E-state index contributed by atoms with van der Waals surface area (Å²) in [6.45, 7) is 33.1. The van der Waals surface area contributed by atoms with E-state index >= 15 is 0 Å². The van der Waals surface area contributed by atoms with E-state index in [-0.39, 0.29) is 42.1 Å². The van der Waals surface area contributed by atoms with Gasteiger partial charge in [-0.3, -0.25) is 24.0 Å². The van der Waals surface area contributed by atoms with Gasteiger partial charge < -0.3 is 36.6 Å². The molecule has 0 spiro atoms. The molecule has 0 aromatic carbocycles. The van der Waals surface area contributed by atoms with Crippen molar-refractivity contribution in [2.45, 2.75) is 170 Å². The zero-order valence-electron chi connectivity index (χ0n) is 39.2. The molecule has 0 saturated heterocycles. The molecular formula is C43H78N6O7S2. The molecule has 13 nitrogen and oxygen atoms in total. The summed E-state index contributed by atoms with van der Waals surface area (Å²) in [6.07, 6.45) is 3.51. The average Bonchev–Trinajstić information content (AvgIpc) is 3.09. The summed E-state index contributed by atoms with van der Waals surface area (Å²) in [4.78, 5) is 83.3. The fourth-order valence-electron chi connectivity index (χ4n) is 5.86. The summed E-state index contributed by atoms with van der Waals surface area (Å²) in [6, 6.07) is -4.84. The van der Waals surface area contributed by atoms with Crippen LogP contribution in [0.3, 0.4) is 0 Å². The average molecular weight is 855 g/mol. The Morgan fingerprint density at radius 3 is 1.19 bits per heavy atom. The molecule has 0 rings (SSSR count). The Bertz CT molecular complexity index is 1530. The van der Waals surface area contributed by atoms with Crippen LogP contribution in [0.15, 0.2) is 23.3 Å². The molecule has 0 aliphatic rings. The number of allylic oxidation sites excluding steroid dienone is 1. The van der Waals surface area contributed by atoms with Crippen molar-refractivity contribution < 1.29 is 33.5 Å². The van der Waals surface area contributed by atoms with Crippen molar-refractivity contribution in [3.63, 3.8) is 0 Å². The zero-order valence-corrected chi connectivity index (χ0v) is 40.8. The highest BCUT2D eigenvalue weighted by atomic mass is 33.1. The second-order valence-electron chi connectivity index (χ2n) is 19.3. The van der Waals surface area contributed by atoms with Crippen LogP contribution in [-0.4, -0.2) is 112 Å². The molecule has 6 atom stereocenters. The number of nitrogens with two attached hydrogens (primary N) is 2. The van der Waals surface area contributed by atoms with Crippen molar-refractivity contribution in [2.75, 3.05) is 20.7 Å². The number of carbonyl (C=O) groups excluding carboxylic acids is 6. The smallest absolute Gasteiger partial charge is 0.333 e. The van der Waals surface area contributed by atoms with Gasteiger partial charge in [-0.2, -0.15) is 0 Å². The minimum Gasteiger partial charge on any atom is -0.463 e. The second-order valence-corrected chi connectivity index (χ2v) is 22.7. The summed E-state index contributed by atoms with van der Waals surface area (Å²) in [5.74, 6) is -2.27. The van der Waals surface area contributed by atoms with E-state index < -0.39 is 68.3 Å². The number of rotatable bonds is 20. The third-order valence-corrected chi connectivity index (χ3v) is 14.6. The number of likely N-dealkylation sites (N-methyl/N-ethyl adjacent to an activating group) is 2. The second kappa shape index (κ2) is 22.1. The predicted molar refractivity (Wildman–Crippen MR) is 240 cm³/mol. The van der Waals surface area contributed by atoms with Crippen LogP contribution in [0.2, 0.25) is 0 Å². The van der Waals surface area contributed by atoms with Crippen molar-refractivity contribution in [2.24, 2.45) is 34.1 Å². The lowest BCUT2D eigenvalue weighted by molar-refractivity contribution is -0.141. The number of ketones is 1. The van der Waals surface area contributed by atoms with Gasteiger partial charge in [-0.15, -0.1) is 0 Å². The molecule has 334 valence electrons. The summed E-state index contributed by atoms with van der Waals surface area (Å²) in [5.41, 5.74) is 12.8. The van der Waals surface area contributed by atoms with Crippen molar-refractivity contribution in [3.8, 4) is 0 Å². The van der Waals surface area contributed by atoms with E-state index in [1.165, 1.54) is 28.5 Å². The summed E-state index contributed by atoms with van der Waals surface area (Å²) < 4.78 is 3.35. The van der Waals surface area contributed by atoms with Crippen LogP contribution in [0, 0.1) is 22.7 Å². The Kier molecular flexibility index (Phi) is 21.0. The normalized spacial score (nSPS) is 16.5. The first kappa shape index (κ1) is 55.1. The lowest BCUT2D eigenvalue weighted by Gasteiger charge is -2.40. The molecule has 0 aromatic rings. The maximum Gasteiger partial charge on any atom is 0.333 e. The highest BCUT2D eigenvalue weighted by Crippen LogP contribution is 2.46. The van der Waals surface area contributed by atoms with E-state index in [0.29, 0.717) is 11.1 Å². The highest BCUT2D eigenvalue weighted by Gasteiger charge is 2.44. The summed E-state index contributed by atoms with van der Waals surface area (Å²) in [7, 11) is 5.94. The van der Waals surface area contributed by atoms with E-state index in [9.17, 15) is 28.8 Å². The number of hydrogen-bond donors (Lipinski definition) is 4. The number of nitrogens with zero attached hydrogens (tertiary/aromatic N) is 2. The molecule has 0 bridgehead atoms. The molecule has 4 amide bonds. The number of esters is 1. The number of amides is 4. The Morgan fingerprint density at radius 1 is 0.621 bits per heavy atom. The van der Waals surface area contributed by atoms with E-state index in [0.717, 1.165) is 0 Å². The van der Waals surface area contributed by atoms with Crippen molar-refractivity contribution in [3.05, 3.63) is 23.3 Å². The molecule has 15 heteroatoms. The fourth-order valence-corrected chi connectivity index (χ4v) is 8.62. The van der Waals surface area contributed by atoms with Gasteiger partial charge in [0, 0.05) is 29.2 Å². The molecule has 2 unspecified atom stereocenters. The van der Waals surface area contributed by atoms with Crippen LogP contribution in [0.4, 0.5) is 0 Å². The van der Waals surface area contributed by atoms with Gasteiger partial charge in [0.2, 0.25) is 23.6 Å². The SMILES string of the molecule is CCOC(=O)/C(C)=C/[C@H](C(C)C)N(C)C(=O)[C@@H](NC(=O)C(N)C(C)(C)SSC(C)(C)C(N)C(=O)N[C@H](C(=O)N(C)[C@H](/C=C(\C)C(C)=O)C(C)C)C(C)(C)C)C(C)(C)C. The summed E-state index contributed by atoms with van der Waals surface area (Å²) in [5, 5.41) is 5.85. The Labute approximate surface area is 358 Å². The quantitative estimate of drug-likeness (QED) is 0.0672. The molecule has 58 heavy (non-hydrogen) atoms. The van der Waals surface area contributed by atoms with Gasteiger partial charge >= 0.3 is 5.97 Å². The maximum absolute atomic E-state index is 14.1. The molecule has 6 N–H and O–H groups in total. The Morgan fingerprint density at radius 2 is 0.931 bits per heavy atom. The molecule has 0 heterocycles. The minimum atomic E-state index is -1.08. The number of hydrogen-bond acceptors (Lipinski definition) is 11. The van der Waals surface area contributed by atoms with Gasteiger partial charge in [-0.05, 0) is 83.6 Å². The molecule has 0 radical (unpaired) electrons. The lowest BCUT2D eigenvalue weighted by Crippen LogP contribution is -2.61. The Hall–Kier alpha value is -2.88. The molecule has 0 aromatic heterocycles. The van der Waals surface area contributed by atoms with Gasteiger partial charge in [-0.25, -0.2) is 4.79 Å². The monoisotopic (exact) mass is 855 g/mol. The van der Waals surface area contributed by atoms with Gasteiger partial charge in [0.05, 0.1) is 30.8 Å². The van der Waals surface area contributed by atoms with Crippen LogP contribution in [0.1, 0.15) is 125 Å². The fraction of sp³-hybridized carbons (Fsp3) is 0.767.